The van der Waals surface area contributed by atoms with Gasteiger partial charge >= 0.3 is 0 Å². The third-order valence-electron chi connectivity index (χ3n) is 2.41. The zero-order valence-electron chi connectivity index (χ0n) is 9.90. The van der Waals surface area contributed by atoms with Gasteiger partial charge < -0.3 is 10.5 Å². The van der Waals surface area contributed by atoms with Gasteiger partial charge in [0, 0.05) is 6.07 Å². The van der Waals surface area contributed by atoms with Gasteiger partial charge in [0.1, 0.15) is 17.4 Å². The zero-order chi connectivity index (χ0) is 13.8. The molecule has 0 atom stereocenters. The summed E-state index contributed by atoms with van der Waals surface area (Å²) in [5.41, 5.74) is 5.94. The van der Waals surface area contributed by atoms with E-state index in [4.69, 9.17) is 10.5 Å². The monoisotopic (exact) mass is 263 g/mol. The van der Waals surface area contributed by atoms with Crippen molar-refractivity contribution in [3.63, 3.8) is 0 Å². The maximum Gasteiger partial charge on any atom is 0.255 e. The molecule has 2 rings (SSSR count). The minimum absolute atomic E-state index is 0.249. The Hall–Kier alpha value is -2.43. The van der Waals surface area contributed by atoms with Crippen molar-refractivity contribution >= 4 is 5.91 Å². The molecule has 2 N–H and O–H groups in total. The highest BCUT2D eigenvalue weighted by molar-refractivity contribution is 5.75. The Kier molecular flexibility index (Phi) is 3.75. The van der Waals surface area contributed by atoms with Crippen molar-refractivity contribution in [1.29, 1.82) is 0 Å². The molecule has 2 aromatic carbocycles. The Morgan fingerprint density at radius 2 is 1.74 bits per heavy atom. The summed E-state index contributed by atoms with van der Waals surface area (Å²) in [6.45, 7) is -0.249. The fourth-order valence-corrected chi connectivity index (χ4v) is 1.64. The number of rotatable bonds is 4. The predicted octanol–water partition coefficient (Wildman–Crippen LogP) is 2.50. The number of nitrogens with two attached hydrogens (primary N) is 1. The SMILES string of the molecule is NC(=O)COc1cccc(-c2cc(F)cc(F)c2)c1. The van der Waals surface area contributed by atoms with Gasteiger partial charge in [0.05, 0.1) is 0 Å². The quantitative estimate of drug-likeness (QED) is 0.921. The Balaban J connectivity index is 2.29. The molecule has 0 spiro atoms. The minimum Gasteiger partial charge on any atom is -0.484 e. The molecule has 0 aliphatic rings. The van der Waals surface area contributed by atoms with Crippen LogP contribution in [-0.4, -0.2) is 12.5 Å². The third kappa shape index (κ3) is 3.51. The van der Waals surface area contributed by atoms with Crippen LogP contribution in [0.2, 0.25) is 0 Å². The van der Waals surface area contributed by atoms with Crippen molar-refractivity contribution in [2.75, 3.05) is 6.61 Å². The van der Waals surface area contributed by atoms with E-state index in [0.29, 0.717) is 16.9 Å². The molecule has 5 heteroatoms. The molecule has 0 saturated heterocycles. The first kappa shape index (κ1) is 13.0. The van der Waals surface area contributed by atoms with E-state index in [9.17, 15) is 13.6 Å². The number of primary amides is 1. The lowest BCUT2D eigenvalue weighted by atomic mass is 10.1. The molecule has 0 radical (unpaired) electrons. The number of amides is 1. The van der Waals surface area contributed by atoms with Crippen LogP contribution in [0.3, 0.4) is 0 Å². The first-order chi connectivity index (χ1) is 9.04. The lowest BCUT2D eigenvalue weighted by molar-refractivity contribution is -0.119. The topological polar surface area (TPSA) is 52.3 Å². The summed E-state index contributed by atoms with van der Waals surface area (Å²) in [6.07, 6.45) is 0. The molecule has 19 heavy (non-hydrogen) atoms. The standard InChI is InChI=1S/C14H11F2NO2/c15-11-4-10(5-12(16)7-11)9-2-1-3-13(6-9)19-8-14(17)18/h1-7H,8H2,(H2,17,18). The molecular weight excluding hydrogens is 252 g/mol. The van der Waals surface area contributed by atoms with Gasteiger partial charge in [-0.2, -0.15) is 0 Å². The van der Waals surface area contributed by atoms with Crippen molar-refractivity contribution in [2.45, 2.75) is 0 Å². The van der Waals surface area contributed by atoms with Crippen LogP contribution in [0.25, 0.3) is 11.1 Å². The van der Waals surface area contributed by atoms with Gasteiger partial charge in [-0.25, -0.2) is 8.78 Å². The Bertz CT molecular complexity index is 594. The van der Waals surface area contributed by atoms with Gasteiger partial charge in [0.15, 0.2) is 6.61 Å². The second-order valence-corrected chi connectivity index (χ2v) is 3.94. The smallest absolute Gasteiger partial charge is 0.255 e. The first-order valence-corrected chi connectivity index (χ1v) is 5.52. The van der Waals surface area contributed by atoms with Crippen LogP contribution in [0.4, 0.5) is 8.78 Å². The lowest BCUT2D eigenvalue weighted by Crippen LogP contribution is -2.19. The molecule has 1 amide bonds. The average Bonchev–Trinajstić information content (AvgIpc) is 2.35. The van der Waals surface area contributed by atoms with E-state index in [1.54, 1.807) is 24.3 Å². The molecular formula is C14H11F2NO2. The molecule has 0 aliphatic carbocycles. The fraction of sp³-hybridized carbons (Fsp3) is 0.0714. The van der Waals surface area contributed by atoms with E-state index in [-0.39, 0.29) is 6.61 Å². The number of hydrogen-bond acceptors (Lipinski definition) is 2. The molecule has 0 heterocycles. The Labute approximate surface area is 108 Å². The number of hydrogen-bond donors (Lipinski definition) is 1. The lowest BCUT2D eigenvalue weighted by Gasteiger charge is -2.07. The molecule has 98 valence electrons. The van der Waals surface area contributed by atoms with Crippen molar-refractivity contribution < 1.29 is 18.3 Å². The predicted molar refractivity (Wildman–Crippen MR) is 66.5 cm³/mol. The second-order valence-electron chi connectivity index (χ2n) is 3.94. The van der Waals surface area contributed by atoms with Crippen LogP contribution >= 0.6 is 0 Å². The van der Waals surface area contributed by atoms with Crippen LogP contribution in [0.1, 0.15) is 0 Å². The second kappa shape index (κ2) is 5.48. The maximum absolute atomic E-state index is 13.1. The van der Waals surface area contributed by atoms with Crippen molar-refractivity contribution in [2.24, 2.45) is 5.73 Å². The average molecular weight is 263 g/mol. The van der Waals surface area contributed by atoms with Gasteiger partial charge in [-0.15, -0.1) is 0 Å². The minimum atomic E-state index is -0.654. The van der Waals surface area contributed by atoms with E-state index in [2.05, 4.69) is 0 Å². The Morgan fingerprint density at radius 3 is 2.37 bits per heavy atom. The van der Waals surface area contributed by atoms with Crippen molar-refractivity contribution in [1.82, 2.24) is 0 Å². The molecule has 0 fully saturated rings. The number of halogens is 2. The fourth-order valence-electron chi connectivity index (χ4n) is 1.64. The van der Waals surface area contributed by atoms with E-state index < -0.39 is 17.5 Å². The summed E-state index contributed by atoms with van der Waals surface area (Å²) < 4.78 is 31.4. The summed E-state index contributed by atoms with van der Waals surface area (Å²) in [6, 6.07) is 9.79. The van der Waals surface area contributed by atoms with Crippen molar-refractivity contribution in [3.05, 3.63) is 54.1 Å². The van der Waals surface area contributed by atoms with Crippen LogP contribution < -0.4 is 10.5 Å². The van der Waals surface area contributed by atoms with Gasteiger partial charge in [-0.05, 0) is 35.4 Å². The van der Waals surface area contributed by atoms with E-state index >= 15 is 0 Å². The Morgan fingerprint density at radius 1 is 1.05 bits per heavy atom. The molecule has 0 aliphatic heterocycles. The molecule has 3 nitrogen and oxygen atoms in total. The maximum atomic E-state index is 13.1. The molecule has 0 aromatic heterocycles. The number of ether oxygens (including phenoxy) is 1. The van der Waals surface area contributed by atoms with E-state index in [1.165, 1.54) is 12.1 Å². The highest BCUT2D eigenvalue weighted by Crippen LogP contribution is 2.25. The van der Waals surface area contributed by atoms with Gasteiger partial charge in [-0.1, -0.05) is 12.1 Å². The third-order valence-corrected chi connectivity index (χ3v) is 2.41. The summed E-state index contributed by atoms with van der Waals surface area (Å²) >= 11 is 0. The molecule has 2 aromatic rings. The van der Waals surface area contributed by atoms with Crippen molar-refractivity contribution in [3.8, 4) is 16.9 Å². The molecule has 0 saturated carbocycles. The van der Waals surface area contributed by atoms with E-state index in [1.807, 2.05) is 0 Å². The molecule has 0 bridgehead atoms. The summed E-state index contributed by atoms with van der Waals surface area (Å²) in [5, 5.41) is 0. The van der Waals surface area contributed by atoms with Gasteiger partial charge in [-0.3, -0.25) is 4.79 Å². The van der Waals surface area contributed by atoms with Crippen LogP contribution in [0.15, 0.2) is 42.5 Å². The van der Waals surface area contributed by atoms with E-state index in [0.717, 1.165) is 6.07 Å². The summed E-state index contributed by atoms with van der Waals surface area (Å²) in [4.78, 5) is 10.6. The van der Waals surface area contributed by atoms with Crippen LogP contribution in [0.5, 0.6) is 5.75 Å². The zero-order valence-corrected chi connectivity index (χ0v) is 9.90. The summed E-state index contributed by atoms with van der Waals surface area (Å²) in [5.74, 6) is -1.50. The highest BCUT2D eigenvalue weighted by Gasteiger charge is 2.05. The summed E-state index contributed by atoms with van der Waals surface area (Å²) in [7, 11) is 0. The highest BCUT2D eigenvalue weighted by atomic mass is 19.1. The number of benzene rings is 2. The van der Waals surface area contributed by atoms with Crippen LogP contribution in [-0.2, 0) is 4.79 Å². The van der Waals surface area contributed by atoms with Crippen LogP contribution in [0, 0.1) is 11.6 Å². The molecule has 0 unspecified atom stereocenters. The normalized spacial score (nSPS) is 10.2. The largest absolute Gasteiger partial charge is 0.484 e. The first-order valence-electron chi connectivity index (χ1n) is 5.52. The van der Waals surface area contributed by atoms with Gasteiger partial charge in [0.25, 0.3) is 5.91 Å². The number of carbonyl (C=O) groups excluding carboxylic acids is 1. The van der Waals surface area contributed by atoms with Gasteiger partial charge in [0.2, 0.25) is 0 Å². The number of carbonyl (C=O) groups is 1.